The van der Waals surface area contributed by atoms with Crippen molar-refractivity contribution in [2.24, 2.45) is 0 Å². The molecular formula is C12H14N2O6. The van der Waals surface area contributed by atoms with Gasteiger partial charge in [0.25, 0.3) is 11.6 Å². The summed E-state index contributed by atoms with van der Waals surface area (Å²) in [4.78, 5) is 33.0. The number of aromatic carboxylic acids is 1. The molecule has 1 amide bonds. The SMILES string of the molecule is COC(C)(C)C(=O)Nc1cc([N+](=O)[O-])ccc1C(=O)O. The van der Waals surface area contributed by atoms with Crippen LogP contribution in [0.15, 0.2) is 18.2 Å². The molecule has 8 nitrogen and oxygen atoms in total. The highest BCUT2D eigenvalue weighted by molar-refractivity contribution is 6.03. The maximum Gasteiger partial charge on any atom is 0.337 e. The second-order valence-corrected chi connectivity index (χ2v) is 4.46. The van der Waals surface area contributed by atoms with Crippen molar-refractivity contribution in [3.63, 3.8) is 0 Å². The van der Waals surface area contributed by atoms with Gasteiger partial charge in [0.2, 0.25) is 0 Å². The molecule has 108 valence electrons. The van der Waals surface area contributed by atoms with Gasteiger partial charge in [0.15, 0.2) is 0 Å². The van der Waals surface area contributed by atoms with Gasteiger partial charge in [0.1, 0.15) is 5.60 Å². The van der Waals surface area contributed by atoms with Crippen molar-refractivity contribution >= 4 is 23.3 Å². The van der Waals surface area contributed by atoms with Crippen molar-refractivity contribution in [3.8, 4) is 0 Å². The molecule has 0 aliphatic heterocycles. The van der Waals surface area contributed by atoms with Crippen LogP contribution in [0.1, 0.15) is 24.2 Å². The molecule has 1 rings (SSSR count). The first-order valence-electron chi connectivity index (χ1n) is 5.57. The van der Waals surface area contributed by atoms with E-state index >= 15 is 0 Å². The summed E-state index contributed by atoms with van der Waals surface area (Å²) < 4.78 is 4.96. The topological polar surface area (TPSA) is 119 Å². The molecule has 0 unspecified atom stereocenters. The smallest absolute Gasteiger partial charge is 0.337 e. The zero-order chi connectivity index (χ0) is 15.5. The molecule has 0 aliphatic carbocycles. The first-order valence-corrected chi connectivity index (χ1v) is 5.57. The average Bonchev–Trinajstić information content (AvgIpc) is 2.38. The van der Waals surface area contributed by atoms with E-state index in [4.69, 9.17) is 9.84 Å². The fraction of sp³-hybridized carbons (Fsp3) is 0.333. The van der Waals surface area contributed by atoms with Gasteiger partial charge in [0, 0.05) is 19.2 Å². The summed E-state index contributed by atoms with van der Waals surface area (Å²) in [6.07, 6.45) is 0. The minimum absolute atomic E-state index is 0.151. The monoisotopic (exact) mass is 282 g/mol. The highest BCUT2D eigenvalue weighted by atomic mass is 16.6. The number of ether oxygens (including phenoxy) is 1. The van der Waals surface area contributed by atoms with Gasteiger partial charge in [-0.15, -0.1) is 0 Å². The van der Waals surface area contributed by atoms with Crippen LogP contribution < -0.4 is 5.32 Å². The Balaban J connectivity index is 3.21. The van der Waals surface area contributed by atoms with E-state index in [9.17, 15) is 19.7 Å². The van der Waals surface area contributed by atoms with Crippen molar-refractivity contribution in [3.05, 3.63) is 33.9 Å². The van der Waals surface area contributed by atoms with Crippen LogP contribution in [0, 0.1) is 10.1 Å². The molecule has 1 aromatic carbocycles. The number of anilines is 1. The predicted molar refractivity (Wildman–Crippen MR) is 69.8 cm³/mol. The number of non-ortho nitro benzene ring substituents is 1. The molecule has 0 atom stereocenters. The minimum atomic E-state index is -1.30. The fourth-order valence-corrected chi connectivity index (χ4v) is 1.30. The molecule has 0 heterocycles. The van der Waals surface area contributed by atoms with Gasteiger partial charge in [-0.3, -0.25) is 14.9 Å². The lowest BCUT2D eigenvalue weighted by atomic mass is 10.1. The van der Waals surface area contributed by atoms with Crippen molar-refractivity contribution in [2.45, 2.75) is 19.4 Å². The highest BCUT2D eigenvalue weighted by Gasteiger charge is 2.28. The fourth-order valence-electron chi connectivity index (χ4n) is 1.30. The van der Waals surface area contributed by atoms with Gasteiger partial charge in [-0.2, -0.15) is 0 Å². The molecule has 8 heteroatoms. The van der Waals surface area contributed by atoms with Crippen molar-refractivity contribution < 1.29 is 24.4 Å². The second-order valence-electron chi connectivity index (χ2n) is 4.46. The number of carboxylic acid groups (broad SMARTS) is 1. The lowest BCUT2D eigenvalue weighted by molar-refractivity contribution is -0.384. The Morgan fingerprint density at radius 1 is 1.40 bits per heavy atom. The van der Waals surface area contributed by atoms with Crippen LogP contribution in [0.25, 0.3) is 0 Å². The molecule has 0 radical (unpaired) electrons. The molecule has 1 aromatic rings. The third-order valence-electron chi connectivity index (χ3n) is 2.75. The number of carbonyl (C=O) groups is 2. The Morgan fingerprint density at radius 2 is 2.00 bits per heavy atom. The normalized spacial score (nSPS) is 10.9. The van der Waals surface area contributed by atoms with Crippen molar-refractivity contribution in [1.29, 1.82) is 0 Å². The molecular weight excluding hydrogens is 268 g/mol. The Kier molecular flexibility index (Phi) is 4.41. The van der Waals surface area contributed by atoms with Crippen LogP contribution in [-0.4, -0.2) is 34.6 Å². The van der Waals surface area contributed by atoms with E-state index in [2.05, 4.69) is 5.32 Å². The average molecular weight is 282 g/mol. The van der Waals surface area contributed by atoms with Gasteiger partial charge < -0.3 is 15.2 Å². The maximum absolute atomic E-state index is 11.9. The number of nitro benzene ring substituents is 1. The van der Waals surface area contributed by atoms with Gasteiger partial charge in [-0.25, -0.2) is 4.79 Å². The Hall–Kier alpha value is -2.48. The van der Waals surface area contributed by atoms with E-state index in [-0.39, 0.29) is 16.9 Å². The lowest BCUT2D eigenvalue weighted by Crippen LogP contribution is -2.39. The molecule has 0 aliphatic rings. The third-order valence-corrected chi connectivity index (χ3v) is 2.75. The highest BCUT2D eigenvalue weighted by Crippen LogP contribution is 2.24. The number of hydrogen-bond acceptors (Lipinski definition) is 5. The Labute approximate surface area is 114 Å². The standard InChI is InChI=1S/C12H14N2O6/c1-12(2,20-3)11(17)13-9-6-7(14(18)19)4-5-8(9)10(15)16/h4-6H,1-3H3,(H,13,17)(H,15,16). The largest absolute Gasteiger partial charge is 0.478 e. The predicted octanol–water partition coefficient (Wildman–Crippen LogP) is 1.66. The number of methoxy groups -OCH3 is 1. The van der Waals surface area contributed by atoms with Crippen LogP contribution in [0.2, 0.25) is 0 Å². The van der Waals surface area contributed by atoms with Crippen LogP contribution in [0.5, 0.6) is 0 Å². The molecule has 20 heavy (non-hydrogen) atoms. The van der Waals surface area contributed by atoms with Crippen LogP contribution in [0.3, 0.4) is 0 Å². The molecule has 0 spiro atoms. The quantitative estimate of drug-likeness (QED) is 0.626. The molecule has 0 saturated carbocycles. The lowest BCUT2D eigenvalue weighted by Gasteiger charge is -2.22. The summed E-state index contributed by atoms with van der Waals surface area (Å²) in [7, 11) is 1.32. The second kappa shape index (κ2) is 5.66. The molecule has 0 bridgehead atoms. The summed E-state index contributed by atoms with van der Waals surface area (Å²) >= 11 is 0. The van der Waals surface area contributed by atoms with Crippen LogP contribution >= 0.6 is 0 Å². The summed E-state index contributed by atoms with van der Waals surface area (Å²) in [5, 5.41) is 22.0. The summed E-state index contributed by atoms with van der Waals surface area (Å²) in [5.74, 6) is -1.91. The number of carbonyl (C=O) groups excluding carboxylic acids is 1. The van der Waals surface area contributed by atoms with Gasteiger partial charge in [-0.1, -0.05) is 0 Å². The molecule has 0 saturated heterocycles. The number of nitrogens with one attached hydrogen (secondary N) is 1. The number of benzene rings is 1. The molecule has 2 N–H and O–H groups in total. The molecule has 0 fully saturated rings. The van der Waals surface area contributed by atoms with Crippen LogP contribution in [0.4, 0.5) is 11.4 Å². The summed E-state index contributed by atoms with van der Waals surface area (Å²) in [5.41, 5.74) is -1.90. The minimum Gasteiger partial charge on any atom is -0.478 e. The van der Waals surface area contributed by atoms with Gasteiger partial charge >= 0.3 is 5.97 Å². The van der Waals surface area contributed by atoms with E-state index in [0.717, 1.165) is 18.2 Å². The summed E-state index contributed by atoms with van der Waals surface area (Å²) in [6, 6.07) is 3.11. The zero-order valence-electron chi connectivity index (χ0n) is 11.2. The Morgan fingerprint density at radius 3 is 2.45 bits per heavy atom. The van der Waals surface area contributed by atoms with Crippen molar-refractivity contribution in [1.82, 2.24) is 0 Å². The van der Waals surface area contributed by atoms with Crippen LogP contribution in [-0.2, 0) is 9.53 Å². The number of nitro groups is 1. The van der Waals surface area contributed by atoms with E-state index in [0.29, 0.717) is 0 Å². The number of carboxylic acids is 1. The first-order chi connectivity index (χ1) is 9.19. The van der Waals surface area contributed by atoms with Gasteiger partial charge in [0.05, 0.1) is 16.2 Å². The summed E-state index contributed by atoms with van der Waals surface area (Å²) in [6.45, 7) is 2.97. The number of nitrogens with zero attached hydrogens (tertiary/aromatic N) is 1. The third kappa shape index (κ3) is 3.29. The number of hydrogen-bond donors (Lipinski definition) is 2. The van der Waals surface area contributed by atoms with E-state index in [1.54, 1.807) is 0 Å². The van der Waals surface area contributed by atoms with Gasteiger partial charge in [-0.05, 0) is 19.9 Å². The maximum atomic E-state index is 11.9. The van der Waals surface area contributed by atoms with E-state index in [1.165, 1.54) is 21.0 Å². The Bertz CT molecular complexity index is 567. The number of rotatable bonds is 5. The first kappa shape index (κ1) is 15.6. The van der Waals surface area contributed by atoms with E-state index < -0.39 is 22.4 Å². The number of amides is 1. The molecule has 0 aromatic heterocycles. The van der Waals surface area contributed by atoms with Crippen molar-refractivity contribution in [2.75, 3.05) is 12.4 Å². The van der Waals surface area contributed by atoms with E-state index in [1.807, 2.05) is 0 Å². The zero-order valence-corrected chi connectivity index (χ0v) is 11.2.